The quantitative estimate of drug-likeness (QED) is 0.668. The Labute approximate surface area is 175 Å². The minimum absolute atomic E-state index is 0.204. The highest BCUT2D eigenvalue weighted by Gasteiger charge is 2.22. The van der Waals surface area contributed by atoms with Crippen molar-refractivity contribution in [2.75, 3.05) is 5.32 Å². The fourth-order valence-electron chi connectivity index (χ4n) is 3.71. The fourth-order valence-corrected chi connectivity index (χ4v) is 5.18. The third kappa shape index (κ3) is 4.95. The molecule has 2 heterocycles. The number of aryl methyl sites for hydroxylation is 2. The number of amides is 1. The standard InChI is InChI=1S/C21H27ClN4OS/c1-2-26-14-17(22)19(25-26)20(27)24-21-16(13-23)15-11-9-7-5-3-4-6-8-10-12-18(15)28-21/h14H,2-12H2,1H3,(H,24,27). The number of aromatic nitrogens is 2. The Morgan fingerprint density at radius 3 is 2.46 bits per heavy atom. The van der Waals surface area contributed by atoms with Gasteiger partial charge in [0.25, 0.3) is 5.91 Å². The Morgan fingerprint density at radius 1 is 1.21 bits per heavy atom. The molecule has 0 aromatic carbocycles. The van der Waals surface area contributed by atoms with Gasteiger partial charge in [0.05, 0.1) is 10.6 Å². The van der Waals surface area contributed by atoms with Crippen molar-refractivity contribution in [3.05, 3.63) is 32.9 Å². The molecule has 0 fully saturated rings. The van der Waals surface area contributed by atoms with Gasteiger partial charge in [0.1, 0.15) is 11.1 Å². The van der Waals surface area contributed by atoms with Crippen molar-refractivity contribution in [3.8, 4) is 6.07 Å². The summed E-state index contributed by atoms with van der Waals surface area (Å²) < 4.78 is 1.63. The van der Waals surface area contributed by atoms with Crippen LogP contribution in [0.5, 0.6) is 0 Å². The van der Waals surface area contributed by atoms with Gasteiger partial charge in [-0.05, 0) is 38.2 Å². The van der Waals surface area contributed by atoms with Gasteiger partial charge in [-0.25, -0.2) is 0 Å². The molecule has 1 aliphatic carbocycles. The van der Waals surface area contributed by atoms with Crippen LogP contribution in [0.3, 0.4) is 0 Å². The number of nitrogens with zero attached hydrogens (tertiary/aromatic N) is 3. The number of halogens is 1. The Balaban J connectivity index is 1.84. The topological polar surface area (TPSA) is 70.7 Å². The highest BCUT2D eigenvalue weighted by atomic mass is 35.5. The van der Waals surface area contributed by atoms with E-state index in [1.54, 1.807) is 22.2 Å². The molecule has 5 nitrogen and oxygen atoms in total. The van der Waals surface area contributed by atoms with Crippen LogP contribution in [0.1, 0.15) is 84.8 Å². The summed E-state index contributed by atoms with van der Waals surface area (Å²) in [5.74, 6) is -0.356. The van der Waals surface area contributed by atoms with Gasteiger partial charge < -0.3 is 5.32 Å². The minimum Gasteiger partial charge on any atom is -0.311 e. The van der Waals surface area contributed by atoms with Gasteiger partial charge in [-0.1, -0.05) is 50.1 Å². The van der Waals surface area contributed by atoms with Crippen LogP contribution in [0.15, 0.2) is 6.20 Å². The Bertz CT molecular complexity index is 865. The van der Waals surface area contributed by atoms with E-state index in [1.807, 2.05) is 6.92 Å². The van der Waals surface area contributed by atoms with Gasteiger partial charge >= 0.3 is 0 Å². The van der Waals surface area contributed by atoms with Crippen LogP contribution in [0.2, 0.25) is 5.02 Å². The van der Waals surface area contributed by atoms with Crippen molar-refractivity contribution >= 4 is 33.8 Å². The van der Waals surface area contributed by atoms with Gasteiger partial charge in [-0.3, -0.25) is 9.48 Å². The molecule has 1 N–H and O–H groups in total. The number of rotatable bonds is 3. The summed E-state index contributed by atoms with van der Waals surface area (Å²) in [6.07, 6.45) is 13.4. The summed E-state index contributed by atoms with van der Waals surface area (Å²) in [7, 11) is 0. The van der Waals surface area contributed by atoms with Crippen LogP contribution in [0.25, 0.3) is 0 Å². The first-order valence-electron chi connectivity index (χ1n) is 10.2. The van der Waals surface area contributed by atoms with Crippen LogP contribution in [-0.2, 0) is 19.4 Å². The number of nitriles is 1. The molecule has 0 spiro atoms. The third-order valence-corrected chi connectivity index (χ3v) is 6.75. The number of hydrogen-bond acceptors (Lipinski definition) is 4. The van der Waals surface area contributed by atoms with E-state index in [0.717, 1.165) is 31.2 Å². The van der Waals surface area contributed by atoms with Gasteiger partial charge in [-0.15, -0.1) is 11.3 Å². The van der Waals surface area contributed by atoms with Crippen LogP contribution < -0.4 is 5.32 Å². The minimum atomic E-state index is -0.356. The molecule has 0 aliphatic heterocycles. The van der Waals surface area contributed by atoms with Gasteiger partial charge in [0.2, 0.25) is 0 Å². The van der Waals surface area contributed by atoms with Crippen molar-refractivity contribution in [3.63, 3.8) is 0 Å². The lowest BCUT2D eigenvalue weighted by molar-refractivity contribution is 0.102. The lowest BCUT2D eigenvalue weighted by Crippen LogP contribution is -2.13. The normalized spacial score (nSPS) is 15.8. The van der Waals surface area contributed by atoms with Crippen LogP contribution in [0.4, 0.5) is 5.00 Å². The van der Waals surface area contributed by atoms with Crippen LogP contribution in [0, 0.1) is 11.3 Å². The van der Waals surface area contributed by atoms with Crippen molar-refractivity contribution < 1.29 is 4.79 Å². The molecule has 150 valence electrons. The number of anilines is 1. The first-order valence-corrected chi connectivity index (χ1v) is 11.4. The smallest absolute Gasteiger partial charge is 0.278 e. The van der Waals surface area contributed by atoms with E-state index < -0.39 is 0 Å². The van der Waals surface area contributed by atoms with E-state index >= 15 is 0 Å². The fraction of sp³-hybridized carbons (Fsp3) is 0.571. The van der Waals surface area contributed by atoms with E-state index in [-0.39, 0.29) is 11.6 Å². The summed E-state index contributed by atoms with van der Waals surface area (Å²) in [6.45, 7) is 2.58. The van der Waals surface area contributed by atoms with E-state index in [1.165, 1.54) is 43.4 Å². The average molecular weight is 419 g/mol. The molecule has 0 unspecified atom stereocenters. The summed E-state index contributed by atoms with van der Waals surface area (Å²) in [6, 6.07) is 2.34. The number of nitrogens with one attached hydrogen (secondary N) is 1. The maximum absolute atomic E-state index is 12.7. The van der Waals surface area contributed by atoms with Gasteiger partial charge in [0, 0.05) is 17.6 Å². The molecule has 2 aromatic rings. The first-order chi connectivity index (χ1) is 13.6. The van der Waals surface area contributed by atoms with Crippen molar-refractivity contribution in [1.82, 2.24) is 9.78 Å². The molecule has 28 heavy (non-hydrogen) atoms. The summed E-state index contributed by atoms with van der Waals surface area (Å²) in [5, 5.41) is 17.9. The molecular weight excluding hydrogens is 392 g/mol. The van der Waals surface area contributed by atoms with Crippen LogP contribution in [-0.4, -0.2) is 15.7 Å². The molecule has 2 aromatic heterocycles. The van der Waals surface area contributed by atoms with E-state index in [4.69, 9.17) is 11.6 Å². The van der Waals surface area contributed by atoms with Crippen molar-refractivity contribution in [1.29, 1.82) is 5.26 Å². The lowest BCUT2D eigenvalue weighted by atomic mass is 9.98. The second-order valence-electron chi connectivity index (χ2n) is 7.28. The number of carbonyl (C=O) groups is 1. The monoisotopic (exact) mass is 418 g/mol. The SMILES string of the molecule is CCn1cc(Cl)c(C(=O)Nc2sc3c(c2C#N)CCCCCCCCCC3)n1. The molecule has 0 saturated carbocycles. The van der Waals surface area contributed by atoms with E-state index in [0.29, 0.717) is 22.1 Å². The molecule has 3 rings (SSSR count). The third-order valence-electron chi connectivity index (χ3n) is 5.27. The predicted molar refractivity (Wildman–Crippen MR) is 114 cm³/mol. The van der Waals surface area contributed by atoms with Crippen molar-refractivity contribution in [2.45, 2.75) is 77.7 Å². The number of carbonyl (C=O) groups excluding carboxylic acids is 1. The average Bonchev–Trinajstić information content (AvgIpc) is 3.21. The zero-order chi connectivity index (χ0) is 19.9. The molecule has 1 amide bonds. The molecule has 0 saturated heterocycles. The summed E-state index contributed by atoms with van der Waals surface area (Å²) in [4.78, 5) is 14.0. The molecule has 0 bridgehead atoms. The lowest BCUT2D eigenvalue weighted by Gasteiger charge is -2.08. The zero-order valence-corrected chi connectivity index (χ0v) is 18.0. The number of fused-ring (bicyclic) bond motifs is 1. The Hall–Kier alpha value is -1.84. The number of thiophene rings is 1. The van der Waals surface area contributed by atoms with Gasteiger partial charge in [-0.2, -0.15) is 10.4 Å². The maximum Gasteiger partial charge on any atom is 0.278 e. The molecule has 1 aliphatic rings. The predicted octanol–water partition coefficient (Wildman–Crippen LogP) is 5.96. The summed E-state index contributed by atoms with van der Waals surface area (Å²) >= 11 is 7.71. The van der Waals surface area contributed by atoms with Crippen LogP contribution >= 0.6 is 22.9 Å². The second-order valence-corrected chi connectivity index (χ2v) is 8.80. The molecule has 0 radical (unpaired) electrons. The maximum atomic E-state index is 12.7. The summed E-state index contributed by atoms with van der Waals surface area (Å²) in [5.41, 5.74) is 1.96. The van der Waals surface area contributed by atoms with Gasteiger partial charge in [0.15, 0.2) is 5.69 Å². The molecular formula is C21H27ClN4OS. The molecule has 0 atom stereocenters. The van der Waals surface area contributed by atoms with E-state index in [2.05, 4.69) is 16.5 Å². The second kappa shape index (κ2) is 10.1. The first kappa shape index (κ1) is 20.9. The number of hydrogen-bond donors (Lipinski definition) is 1. The molecule has 7 heteroatoms. The highest BCUT2D eigenvalue weighted by Crippen LogP contribution is 2.36. The Morgan fingerprint density at radius 2 is 1.86 bits per heavy atom. The van der Waals surface area contributed by atoms with E-state index in [9.17, 15) is 10.1 Å². The highest BCUT2D eigenvalue weighted by molar-refractivity contribution is 7.16. The van der Waals surface area contributed by atoms with Crippen molar-refractivity contribution in [2.24, 2.45) is 0 Å². The Kier molecular flexibility index (Phi) is 7.52. The largest absolute Gasteiger partial charge is 0.311 e. The zero-order valence-electron chi connectivity index (χ0n) is 16.4.